The lowest BCUT2D eigenvalue weighted by molar-refractivity contribution is -0.134. The molecule has 0 saturated heterocycles. The standard InChI is InChI=1S/C17H25NO2/c1-17(2,3)10-16(19)18(4)11-15-9-13-7-5-6-8-14(13)12-20-15/h5-8,15H,9-12H2,1-4H3. The molecule has 1 amide bonds. The zero-order valence-electron chi connectivity index (χ0n) is 13.0. The Morgan fingerprint density at radius 3 is 2.60 bits per heavy atom. The molecule has 110 valence electrons. The number of fused-ring (bicyclic) bond motifs is 1. The number of nitrogens with zero attached hydrogens (tertiary/aromatic N) is 1. The van der Waals surface area contributed by atoms with E-state index in [1.54, 1.807) is 0 Å². The van der Waals surface area contributed by atoms with Gasteiger partial charge < -0.3 is 9.64 Å². The fourth-order valence-electron chi connectivity index (χ4n) is 2.52. The molecule has 1 aromatic rings. The Kier molecular flexibility index (Phi) is 4.48. The Morgan fingerprint density at radius 1 is 1.30 bits per heavy atom. The number of amides is 1. The molecule has 0 saturated carbocycles. The van der Waals surface area contributed by atoms with Crippen molar-refractivity contribution in [3.05, 3.63) is 35.4 Å². The van der Waals surface area contributed by atoms with Gasteiger partial charge in [-0.25, -0.2) is 0 Å². The molecular formula is C17H25NO2. The molecule has 1 aliphatic rings. The third kappa shape index (κ3) is 4.07. The number of carbonyl (C=O) groups excluding carboxylic acids is 1. The summed E-state index contributed by atoms with van der Waals surface area (Å²) in [7, 11) is 1.87. The van der Waals surface area contributed by atoms with Gasteiger partial charge >= 0.3 is 0 Å². The minimum atomic E-state index is 0.0331. The van der Waals surface area contributed by atoms with Crippen molar-refractivity contribution in [2.24, 2.45) is 5.41 Å². The van der Waals surface area contributed by atoms with Gasteiger partial charge in [-0.1, -0.05) is 45.0 Å². The first-order chi connectivity index (χ1) is 9.35. The van der Waals surface area contributed by atoms with E-state index in [0.29, 0.717) is 19.6 Å². The fourth-order valence-corrected chi connectivity index (χ4v) is 2.52. The summed E-state index contributed by atoms with van der Waals surface area (Å²) in [6.07, 6.45) is 1.58. The molecule has 0 fully saturated rings. The second kappa shape index (κ2) is 5.96. The lowest BCUT2D eigenvalue weighted by Gasteiger charge is -2.30. The van der Waals surface area contributed by atoms with E-state index in [4.69, 9.17) is 4.74 Å². The number of carbonyl (C=O) groups is 1. The van der Waals surface area contributed by atoms with Crippen molar-refractivity contribution in [1.82, 2.24) is 4.90 Å². The van der Waals surface area contributed by atoms with E-state index in [2.05, 4.69) is 39.0 Å². The Balaban J connectivity index is 1.90. The van der Waals surface area contributed by atoms with Crippen molar-refractivity contribution >= 4 is 5.91 Å². The first-order valence-electron chi connectivity index (χ1n) is 7.27. The molecule has 0 bridgehead atoms. The van der Waals surface area contributed by atoms with Crippen molar-refractivity contribution in [2.45, 2.75) is 46.3 Å². The van der Waals surface area contributed by atoms with Crippen LogP contribution in [-0.4, -0.2) is 30.5 Å². The van der Waals surface area contributed by atoms with E-state index in [-0.39, 0.29) is 17.4 Å². The van der Waals surface area contributed by atoms with Gasteiger partial charge in [0.05, 0.1) is 12.7 Å². The normalized spacial score (nSPS) is 18.5. The number of ether oxygens (including phenoxy) is 1. The zero-order valence-corrected chi connectivity index (χ0v) is 13.0. The Labute approximate surface area is 121 Å². The van der Waals surface area contributed by atoms with Crippen molar-refractivity contribution in [3.63, 3.8) is 0 Å². The second-order valence-corrected chi connectivity index (χ2v) is 6.92. The lowest BCUT2D eigenvalue weighted by atomic mass is 9.91. The number of hydrogen-bond acceptors (Lipinski definition) is 2. The molecule has 1 atom stereocenters. The highest BCUT2D eigenvalue weighted by atomic mass is 16.5. The van der Waals surface area contributed by atoms with Gasteiger partial charge in [0.2, 0.25) is 5.91 Å². The number of benzene rings is 1. The Morgan fingerprint density at radius 2 is 1.95 bits per heavy atom. The van der Waals surface area contributed by atoms with Crippen LogP contribution in [0.2, 0.25) is 0 Å². The first kappa shape index (κ1) is 15.0. The molecule has 1 aliphatic heterocycles. The first-order valence-corrected chi connectivity index (χ1v) is 7.27. The average molecular weight is 275 g/mol. The van der Waals surface area contributed by atoms with Gasteiger partial charge in [0, 0.05) is 26.4 Å². The molecule has 2 rings (SSSR count). The van der Waals surface area contributed by atoms with Gasteiger partial charge in [-0.15, -0.1) is 0 Å². The van der Waals surface area contributed by atoms with Crippen LogP contribution in [-0.2, 0) is 22.6 Å². The third-order valence-corrected chi connectivity index (χ3v) is 3.63. The van der Waals surface area contributed by atoms with Gasteiger partial charge in [0.25, 0.3) is 0 Å². The Hall–Kier alpha value is -1.35. The van der Waals surface area contributed by atoms with Gasteiger partial charge in [-0.2, -0.15) is 0 Å². The molecule has 3 nitrogen and oxygen atoms in total. The molecule has 20 heavy (non-hydrogen) atoms. The van der Waals surface area contributed by atoms with Crippen LogP contribution in [0.1, 0.15) is 38.3 Å². The second-order valence-electron chi connectivity index (χ2n) is 6.92. The predicted octanol–water partition coefficient (Wildman–Crippen LogP) is 3.02. The predicted molar refractivity (Wildman–Crippen MR) is 80.4 cm³/mol. The summed E-state index contributed by atoms with van der Waals surface area (Å²) in [6, 6.07) is 8.37. The molecule has 1 unspecified atom stereocenters. The summed E-state index contributed by atoms with van der Waals surface area (Å²) in [5.41, 5.74) is 2.65. The molecule has 1 aromatic carbocycles. The van der Waals surface area contributed by atoms with E-state index in [0.717, 1.165) is 6.42 Å². The summed E-state index contributed by atoms with van der Waals surface area (Å²) in [4.78, 5) is 14.0. The Bertz CT molecular complexity index is 476. The molecule has 0 N–H and O–H groups in total. The number of rotatable bonds is 3. The van der Waals surface area contributed by atoms with E-state index in [1.807, 2.05) is 18.0 Å². The minimum Gasteiger partial charge on any atom is -0.371 e. The van der Waals surface area contributed by atoms with Crippen LogP contribution < -0.4 is 0 Å². The van der Waals surface area contributed by atoms with E-state index < -0.39 is 0 Å². The third-order valence-electron chi connectivity index (χ3n) is 3.63. The smallest absolute Gasteiger partial charge is 0.222 e. The van der Waals surface area contributed by atoms with E-state index in [1.165, 1.54) is 11.1 Å². The molecule has 0 aliphatic carbocycles. The van der Waals surface area contributed by atoms with E-state index >= 15 is 0 Å². The number of likely N-dealkylation sites (N-methyl/N-ethyl adjacent to an activating group) is 1. The maximum atomic E-state index is 12.1. The van der Waals surface area contributed by atoms with Crippen LogP contribution in [0.15, 0.2) is 24.3 Å². The molecule has 3 heteroatoms. The van der Waals surface area contributed by atoms with E-state index in [9.17, 15) is 4.79 Å². The largest absolute Gasteiger partial charge is 0.371 e. The van der Waals surface area contributed by atoms with Gasteiger partial charge in [-0.05, 0) is 16.5 Å². The van der Waals surface area contributed by atoms with Gasteiger partial charge in [0.1, 0.15) is 0 Å². The van der Waals surface area contributed by atoms with Crippen LogP contribution >= 0.6 is 0 Å². The average Bonchev–Trinajstić information content (AvgIpc) is 2.36. The van der Waals surface area contributed by atoms with Gasteiger partial charge in [-0.3, -0.25) is 4.79 Å². The maximum Gasteiger partial charge on any atom is 0.222 e. The fraction of sp³-hybridized carbons (Fsp3) is 0.588. The number of hydrogen-bond donors (Lipinski definition) is 0. The highest BCUT2D eigenvalue weighted by Crippen LogP contribution is 2.22. The summed E-state index contributed by atoms with van der Waals surface area (Å²) >= 11 is 0. The quantitative estimate of drug-likeness (QED) is 0.848. The molecule has 1 heterocycles. The van der Waals surface area contributed by atoms with Crippen LogP contribution in [0.4, 0.5) is 0 Å². The molecule has 0 aromatic heterocycles. The summed E-state index contributed by atoms with van der Waals surface area (Å²) in [5, 5.41) is 0. The highest BCUT2D eigenvalue weighted by molar-refractivity contribution is 5.76. The lowest BCUT2D eigenvalue weighted by Crippen LogP contribution is -2.39. The highest BCUT2D eigenvalue weighted by Gasteiger charge is 2.24. The summed E-state index contributed by atoms with van der Waals surface area (Å²) in [5.74, 6) is 0.194. The molecule has 0 spiro atoms. The van der Waals surface area contributed by atoms with Crippen molar-refractivity contribution < 1.29 is 9.53 Å². The van der Waals surface area contributed by atoms with Crippen LogP contribution in [0.25, 0.3) is 0 Å². The van der Waals surface area contributed by atoms with Crippen molar-refractivity contribution in [1.29, 1.82) is 0 Å². The van der Waals surface area contributed by atoms with Crippen LogP contribution in [0, 0.1) is 5.41 Å². The van der Waals surface area contributed by atoms with Crippen LogP contribution in [0.5, 0.6) is 0 Å². The van der Waals surface area contributed by atoms with Crippen LogP contribution in [0.3, 0.4) is 0 Å². The minimum absolute atomic E-state index is 0.0331. The van der Waals surface area contributed by atoms with Gasteiger partial charge in [0.15, 0.2) is 0 Å². The molecular weight excluding hydrogens is 250 g/mol. The maximum absolute atomic E-state index is 12.1. The van der Waals surface area contributed by atoms with Crippen molar-refractivity contribution in [2.75, 3.05) is 13.6 Å². The van der Waals surface area contributed by atoms with Crippen molar-refractivity contribution in [3.8, 4) is 0 Å². The summed E-state index contributed by atoms with van der Waals surface area (Å²) < 4.78 is 5.86. The monoisotopic (exact) mass is 275 g/mol. The SMILES string of the molecule is CN(CC1Cc2ccccc2CO1)C(=O)CC(C)(C)C. The zero-order chi connectivity index (χ0) is 14.8. The molecule has 0 radical (unpaired) electrons. The summed E-state index contributed by atoms with van der Waals surface area (Å²) in [6.45, 7) is 7.59. The topological polar surface area (TPSA) is 29.5 Å².